The Morgan fingerprint density at radius 2 is 2.16 bits per heavy atom. The van der Waals surface area contributed by atoms with Crippen LogP contribution in [-0.4, -0.2) is 53.2 Å². The Kier molecular flexibility index (Phi) is 4.84. The van der Waals surface area contributed by atoms with Gasteiger partial charge in [0.2, 0.25) is 0 Å². The molecule has 0 aromatic carbocycles. The summed E-state index contributed by atoms with van der Waals surface area (Å²) in [6.07, 6.45) is 2.59. The first-order valence-electron chi connectivity index (χ1n) is 6.36. The predicted octanol–water partition coefficient (Wildman–Crippen LogP) is 1.19. The van der Waals surface area contributed by atoms with E-state index < -0.39 is 5.60 Å². The largest absolute Gasteiger partial charge is 0.386 e. The van der Waals surface area contributed by atoms with Crippen LogP contribution in [0.15, 0.2) is 11.2 Å². The van der Waals surface area contributed by atoms with Gasteiger partial charge in [-0.1, -0.05) is 11.8 Å². The van der Waals surface area contributed by atoms with Gasteiger partial charge in [0, 0.05) is 32.2 Å². The van der Waals surface area contributed by atoms with Crippen molar-refractivity contribution in [1.29, 1.82) is 0 Å². The van der Waals surface area contributed by atoms with E-state index in [4.69, 9.17) is 4.74 Å². The van der Waals surface area contributed by atoms with Crippen LogP contribution in [0.5, 0.6) is 0 Å². The number of anilines is 2. The van der Waals surface area contributed by atoms with Crippen LogP contribution < -0.4 is 10.6 Å². The number of aromatic nitrogens is 2. The molecular weight excluding hydrogens is 264 g/mol. The van der Waals surface area contributed by atoms with Gasteiger partial charge in [-0.15, -0.1) is 0 Å². The summed E-state index contributed by atoms with van der Waals surface area (Å²) in [5.41, 5.74) is -0.789. The van der Waals surface area contributed by atoms with E-state index in [1.807, 2.05) is 19.2 Å². The van der Waals surface area contributed by atoms with E-state index in [-0.39, 0.29) is 0 Å². The van der Waals surface area contributed by atoms with Gasteiger partial charge in [-0.2, -0.15) is 0 Å². The van der Waals surface area contributed by atoms with Gasteiger partial charge in [-0.05, 0) is 13.2 Å². The minimum atomic E-state index is -0.789. The maximum atomic E-state index is 10.2. The Hall–Kier alpha value is -1.05. The molecule has 0 spiro atoms. The first-order chi connectivity index (χ1) is 9.15. The Labute approximate surface area is 117 Å². The Bertz CT molecular complexity index is 424. The molecule has 1 fully saturated rings. The van der Waals surface area contributed by atoms with Gasteiger partial charge in [0.1, 0.15) is 17.2 Å². The minimum Gasteiger partial charge on any atom is -0.386 e. The normalized spacial score (nSPS) is 22.5. The lowest BCUT2D eigenvalue weighted by atomic mass is 10.0. The van der Waals surface area contributed by atoms with E-state index in [0.29, 0.717) is 31.3 Å². The molecule has 2 heterocycles. The molecule has 0 radical (unpaired) electrons. The third-order valence-electron chi connectivity index (χ3n) is 2.93. The highest BCUT2D eigenvalue weighted by molar-refractivity contribution is 7.98. The maximum Gasteiger partial charge on any atom is 0.191 e. The topological polar surface area (TPSA) is 79.3 Å². The van der Waals surface area contributed by atoms with Crippen molar-refractivity contribution in [1.82, 2.24) is 9.97 Å². The molecular formula is C12H20N4O2S. The predicted molar refractivity (Wildman–Crippen MR) is 76.9 cm³/mol. The molecule has 19 heavy (non-hydrogen) atoms. The second-order valence-corrected chi connectivity index (χ2v) is 5.31. The van der Waals surface area contributed by atoms with Gasteiger partial charge in [0.15, 0.2) is 5.16 Å². The number of hydrogen-bond acceptors (Lipinski definition) is 7. The third kappa shape index (κ3) is 3.95. The lowest BCUT2D eigenvalue weighted by Crippen LogP contribution is -2.37. The van der Waals surface area contributed by atoms with Crippen molar-refractivity contribution in [3.8, 4) is 0 Å². The van der Waals surface area contributed by atoms with Crippen LogP contribution in [0, 0.1) is 0 Å². The fraction of sp³-hybridized carbons (Fsp3) is 0.667. The summed E-state index contributed by atoms with van der Waals surface area (Å²) in [6.45, 7) is 4.25. The molecule has 0 aliphatic carbocycles. The number of hydrogen-bond donors (Lipinski definition) is 3. The molecule has 1 aliphatic heterocycles. The molecule has 3 N–H and O–H groups in total. The molecule has 1 unspecified atom stereocenters. The molecule has 1 aromatic heterocycles. The first-order valence-corrected chi connectivity index (χ1v) is 7.58. The molecule has 1 atom stereocenters. The summed E-state index contributed by atoms with van der Waals surface area (Å²) in [5, 5.41) is 17.2. The SMILES string of the molecule is CCNc1cc(NCC2(O)CCOC2)nc(SC)n1. The third-order valence-corrected chi connectivity index (χ3v) is 3.47. The van der Waals surface area contributed by atoms with Gasteiger partial charge >= 0.3 is 0 Å². The first kappa shape index (κ1) is 14.4. The lowest BCUT2D eigenvalue weighted by Gasteiger charge is -2.21. The van der Waals surface area contributed by atoms with E-state index in [1.165, 1.54) is 11.8 Å². The lowest BCUT2D eigenvalue weighted by molar-refractivity contribution is 0.0381. The molecule has 6 nitrogen and oxygen atoms in total. The monoisotopic (exact) mass is 284 g/mol. The second-order valence-electron chi connectivity index (χ2n) is 4.54. The van der Waals surface area contributed by atoms with E-state index in [9.17, 15) is 5.11 Å². The fourth-order valence-corrected chi connectivity index (χ4v) is 2.25. The zero-order valence-corrected chi connectivity index (χ0v) is 12.1. The van der Waals surface area contributed by atoms with E-state index >= 15 is 0 Å². The number of rotatable bonds is 6. The minimum absolute atomic E-state index is 0.376. The molecule has 2 rings (SSSR count). The average molecular weight is 284 g/mol. The molecule has 0 saturated carbocycles. The highest BCUT2D eigenvalue weighted by atomic mass is 32.2. The van der Waals surface area contributed by atoms with Crippen molar-refractivity contribution >= 4 is 23.4 Å². The second kappa shape index (κ2) is 6.40. The zero-order chi connectivity index (χ0) is 13.7. The van der Waals surface area contributed by atoms with E-state index in [0.717, 1.165) is 18.2 Å². The molecule has 0 bridgehead atoms. The van der Waals surface area contributed by atoms with Gasteiger partial charge in [0.05, 0.1) is 6.61 Å². The molecule has 106 valence electrons. The quantitative estimate of drug-likeness (QED) is 0.535. The van der Waals surface area contributed by atoms with Crippen molar-refractivity contribution in [3.05, 3.63) is 6.07 Å². The number of ether oxygens (including phenoxy) is 1. The molecule has 1 saturated heterocycles. The number of nitrogens with zero attached hydrogens (tertiary/aromatic N) is 2. The van der Waals surface area contributed by atoms with Crippen molar-refractivity contribution in [2.24, 2.45) is 0 Å². The van der Waals surface area contributed by atoms with Crippen molar-refractivity contribution in [2.45, 2.75) is 24.1 Å². The van der Waals surface area contributed by atoms with Crippen molar-refractivity contribution < 1.29 is 9.84 Å². The van der Waals surface area contributed by atoms with Gasteiger partial charge in [-0.3, -0.25) is 0 Å². The summed E-state index contributed by atoms with van der Waals surface area (Å²) >= 11 is 1.49. The van der Waals surface area contributed by atoms with Crippen LogP contribution in [0.3, 0.4) is 0 Å². The summed E-state index contributed by atoms with van der Waals surface area (Å²) in [4.78, 5) is 8.73. The smallest absolute Gasteiger partial charge is 0.191 e. The van der Waals surface area contributed by atoms with Crippen molar-refractivity contribution in [3.63, 3.8) is 0 Å². The van der Waals surface area contributed by atoms with E-state index in [2.05, 4.69) is 20.6 Å². The molecule has 0 amide bonds. The van der Waals surface area contributed by atoms with Crippen LogP contribution in [0.4, 0.5) is 11.6 Å². The van der Waals surface area contributed by atoms with Crippen LogP contribution in [0.25, 0.3) is 0 Å². The maximum absolute atomic E-state index is 10.2. The highest BCUT2D eigenvalue weighted by Crippen LogP contribution is 2.21. The van der Waals surface area contributed by atoms with Crippen LogP contribution in [0.2, 0.25) is 0 Å². The summed E-state index contributed by atoms with van der Waals surface area (Å²) in [7, 11) is 0. The average Bonchev–Trinajstić information content (AvgIpc) is 2.84. The molecule has 7 heteroatoms. The highest BCUT2D eigenvalue weighted by Gasteiger charge is 2.32. The van der Waals surface area contributed by atoms with E-state index in [1.54, 1.807) is 0 Å². The number of thioether (sulfide) groups is 1. The zero-order valence-electron chi connectivity index (χ0n) is 11.3. The standard InChI is InChI=1S/C12H20N4O2S/c1-3-13-9-6-10(16-11(15-9)19-2)14-7-12(17)4-5-18-8-12/h6,17H,3-5,7-8H2,1-2H3,(H2,13,14,15,16). The Morgan fingerprint density at radius 3 is 2.74 bits per heavy atom. The Morgan fingerprint density at radius 1 is 1.42 bits per heavy atom. The van der Waals surface area contributed by atoms with Crippen molar-refractivity contribution in [2.75, 3.05) is 43.2 Å². The summed E-state index contributed by atoms with van der Waals surface area (Å²) in [5.74, 6) is 1.51. The molecule has 1 aromatic rings. The number of nitrogens with one attached hydrogen (secondary N) is 2. The van der Waals surface area contributed by atoms with Gasteiger partial charge in [-0.25, -0.2) is 9.97 Å². The Balaban J connectivity index is 2.04. The van der Waals surface area contributed by atoms with Gasteiger partial charge < -0.3 is 20.5 Å². The van der Waals surface area contributed by atoms with Crippen LogP contribution in [0.1, 0.15) is 13.3 Å². The summed E-state index contributed by atoms with van der Waals surface area (Å²) < 4.78 is 5.22. The van der Waals surface area contributed by atoms with Crippen LogP contribution >= 0.6 is 11.8 Å². The van der Waals surface area contributed by atoms with Crippen LogP contribution in [-0.2, 0) is 4.74 Å². The number of aliphatic hydroxyl groups is 1. The fourth-order valence-electron chi connectivity index (χ4n) is 1.87. The molecule has 1 aliphatic rings. The summed E-state index contributed by atoms with van der Waals surface area (Å²) in [6, 6.07) is 1.85. The van der Waals surface area contributed by atoms with Gasteiger partial charge in [0.25, 0.3) is 0 Å².